The number of methoxy groups -OCH3 is 1. The molecule has 1 saturated carbocycles. The van der Waals surface area contributed by atoms with Crippen LogP contribution >= 0.6 is 0 Å². The van der Waals surface area contributed by atoms with Crippen LogP contribution in [0.3, 0.4) is 0 Å². The second kappa shape index (κ2) is 5.90. The Bertz CT molecular complexity index is 427. The van der Waals surface area contributed by atoms with E-state index in [4.69, 9.17) is 14.2 Å². The van der Waals surface area contributed by atoms with Gasteiger partial charge in [0.1, 0.15) is 11.9 Å². The van der Waals surface area contributed by atoms with E-state index in [0.29, 0.717) is 19.8 Å². The van der Waals surface area contributed by atoms with E-state index in [9.17, 15) is 0 Å². The first-order valence-electron chi connectivity index (χ1n) is 6.93. The van der Waals surface area contributed by atoms with E-state index < -0.39 is 0 Å². The minimum Gasteiger partial charge on any atom is -0.496 e. The Balaban J connectivity index is 1.61. The van der Waals surface area contributed by atoms with Crippen LogP contribution in [-0.4, -0.2) is 32.5 Å². The summed E-state index contributed by atoms with van der Waals surface area (Å²) >= 11 is 0. The van der Waals surface area contributed by atoms with Crippen molar-refractivity contribution in [2.75, 3.05) is 20.3 Å². The molecule has 19 heavy (non-hydrogen) atoms. The molecule has 1 aliphatic carbocycles. The lowest BCUT2D eigenvalue weighted by molar-refractivity contribution is -0.135. The van der Waals surface area contributed by atoms with Crippen LogP contribution in [0.5, 0.6) is 5.75 Å². The molecule has 0 spiro atoms. The van der Waals surface area contributed by atoms with E-state index in [-0.39, 0.29) is 6.10 Å². The zero-order valence-electron chi connectivity index (χ0n) is 11.4. The smallest absolute Gasteiger partial charge is 0.124 e. The van der Waals surface area contributed by atoms with Crippen LogP contribution in [0.2, 0.25) is 0 Å². The van der Waals surface area contributed by atoms with Crippen LogP contribution in [0.15, 0.2) is 18.2 Å². The van der Waals surface area contributed by atoms with Gasteiger partial charge in [0.2, 0.25) is 0 Å². The summed E-state index contributed by atoms with van der Waals surface area (Å²) in [5.41, 5.74) is 2.40. The van der Waals surface area contributed by atoms with Gasteiger partial charge in [0, 0.05) is 18.2 Å². The summed E-state index contributed by atoms with van der Waals surface area (Å²) in [5.74, 6) is 0.899. The van der Waals surface area contributed by atoms with Crippen LogP contribution in [0.4, 0.5) is 0 Å². The van der Waals surface area contributed by atoms with Gasteiger partial charge in [-0.1, -0.05) is 6.07 Å². The molecule has 2 fully saturated rings. The molecule has 1 aromatic rings. The summed E-state index contributed by atoms with van der Waals surface area (Å²) in [4.78, 5) is 0. The number of nitrogens with one attached hydrogen (secondary N) is 1. The highest BCUT2D eigenvalue weighted by atomic mass is 16.6. The lowest BCUT2D eigenvalue weighted by Crippen LogP contribution is -2.35. The molecule has 0 amide bonds. The van der Waals surface area contributed by atoms with E-state index in [1.54, 1.807) is 7.11 Å². The quantitative estimate of drug-likeness (QED) is 0.815. The van der Waals surface area contributed by atoms with E-state index in [0.717, 1.165) is 23.9 Å². The van der Waals surface area contributed by atoms with Crippen LogP contribution < -0.4 is 10.1 Å². The Morgan fingerprint density at radius 3 is 2.79 bits per heavy atom. The lowest BCUT2D eigenvalue weighted by atomic mass is 10.1. The maximum Gasteiger partial charge on any atom is 0.124 e. The fourth-order valence-corrected chi connectivity index (χ4v) is 2.12. The third kappa shape index (κ3) is 3.47. The fraction of sp³-hybridized carbons (Fsp3) is 0.600. The molecule has 1 aromatic carbocycles. The third-order valence-electron chi connectivity index (χ3n) is 3.60. The predicted octanol–water partition coefficient (Wildman–Crippen LogP) is 1.86. The lowest BCUT2D eigenvalue weighted by Gasteiger charge is -2.26. The first-order valence-corrected chi connectivity index (χ1v) is 6.93. The van der Waals surface area contributed by atoms with Crippen molar-refractivity contribution in [3.05, 3.63) is 29.3 Å². The molecule has 0 unspecified atom stereocenters. The summed E-state index contributed by atoms with van der Waals surface area (Å²) in [6.07, 6.45) is 2.87. The van der Waals surface area contributed by atoms with Gasteiger partial charge in [-0.25, -0.2) is 0 Å². The Morgan fingerprint density at radius 1 is 1.32 bits per heavy atom. The van der Waals surface area contributed by atoms with E-state index in [1.807, 2.05) is 6.07 Å². The molecule has 2 aliphatic rings. The number of rotatable bonds is 7. The normalized spacial score (nSPS) is 19.2. The highest BCUT2D eigenvalue weighted by molar-refractivity contribution is 5.37. The number of ether oxygens (including phenoxy) is 3. The number of hydrogen-bond donors (Lipinski definition) is 1. The summed E-state index contributed by atoms with van der Waals surface area (Å²) in [6.45, 7) is 2.94. The molecule has 0 aromatic heterocycles. The van der Waals surface area contributed by atoms with Crippen molar-refractivity contribution in [3.8, 4) is 5.75 Å². The largest absolute Gasteiger partial charge is 0.496 e. The van der Waals surface area contributed by atoms with Crippen molar-refractivity contribution < 1.29 is 14.2 Å². The maximum atomic E-state index is 5.77. The van der Waals surface area contributed by atoms with Crippen molar-refractivity contribution in [3.63, 3.8) is 0 Å². The highest BCUT2D eigenvalue weighted by Gasteiger charge is 2.21. The Kier molecular flexibility index (Phi) is 4.01. The SMILES string of the molecule is COc1ccc(CNC2CC2)cc1COC1COC1. The van der Waals surface area contributed by atoms with Crippen molar-refractivity contribution in [1.82, 2.24) is 5.32 Å². The van der Waals surface area contributed by atoms with Gasteiger partial charge in [-0.05, 0) is 30.5 Å². The van der Waals surface area contributed by atoms with Gasteiger partial charge in [0.15, 0.2) is 0 Å². The van der Waals surface area contributed by atoms with Gasteiger partial charge in [0.25, 0.3) is 0 Å². The van der Waals surface area contributed by atoms with Gasteiger partial charge in [-0.15, -0.1) is 0 Å². The molecule has 4 nitrogen and oxygen atoms in total. The average Bonchev–Trinajstić information content (AvgIpc) is 3.19. The molecule has 1 saturated heterocycles. The first kappa shape index (κ1) is 12.9. The molecule has 4 heteroatoms. The first-order chi connectivity index (χ1) is 9.35. The molecule has 0 bridgehead atoms. The summed E-state index contributed by atoms with van der Waals surface area (Å²) in [7, 11) is 1.70. The molecule has 1 aliphatic heterocycles. The molecule has 1 heterocycles. The Labute approximate surface area is 114 Å². The van der Waals surface area contributed by atoms with Crippen LogP contribution in [0.25, 0.3) is 0 Å². The van der Waals surface area contributed by atoms with Crippen molar-refractivity contribution in [1.29, 1.82) is 0 Å². The zero-order chi connectivity index (χ0) is 13.1. The zero-order valence-corrected chi connectivity index (χ0v) is 11.4. The van der Waals surface area contributed by atoms with Gasteiger partial charge in [-0.2, -0.15) is 0 Å². The molecular formula is C15H21NO3. The number of benzene rings is 1. The van der Waals surface area contributed by atoms with E-state index >= 15 is 0 Å². The van der Waals surface area contributed by atoms with E-state index in [2.05, 4.69) is 17.4 Å². The standard InChI is InChI=1S/C15H21NO3/c1-17-15-5-2-11(7-16-13-3-4-13)6-12(15)8-19-14-9-18-10-14/h2,5-6,13-14,16H,3-4,7-10H2,1H3. The van der Waals surface area contributed by atoms with Gasteiger partial charge in [-0.3, -0.25) is 0 Å². The molecule has 104 valence electrons. The molecule has 0 atom stereocenters. The highest BCUT2D eigenvalue weighted by Crippen LogP contribution is 2.23. The second-order valence-electron chi connectivity index (χ2n) is 5.27. The molecular weight excluding hydrogens is 242 g/mol. The van der Waals surface area contributed by atoms with Gasteiger partial charge in [0.05, 0.1) is 26.9 Å². The van der Waals surface area contributed by atoms with Gasteiger partial charge >= 0.3 is 0 Å². The number of hydrogen-bond acceptors (Lipinski definition) is 4. The minimum atomic E-state index is 0.248. The van der Waals surface area contributed by atoms with Crippen molar-refractivity contribution in [2.45, 2.75) is 38.1 Å². The second-order valence-corrected chi connectivity index (χ2v) is 5.27. The summed E-state index contributed by atoms with van der Waals surface area (Å²) < 4.78 is 16.3. The van der Waals surface area contributed by atoms with Crippen LogP contribution in [-0.2, 0) is 22.6 Å². The van der Waals surface area contributed by atoms with E-state index in [1.165, 1.54) is 18.4 Å². The minimum absolute atomic E-state index is 0.248. The Morgan fingerprint density at radius 2 is 2.16 bits per heavy atom. The summed E-state index contributed by atoms with van der Waals surface area (Å²) in [6, 6.07) is 7.05. The Hall–Kier alpha value is -1.10. The average molecular weight is 263 g/mol. The van der Waals surface area contributed by atoms with Crippen LogP contribution in [0.1, 0.15) is 24.0 Å². The van der Waals surface area contributed by atoms with Crippen molar-refractivity contribution >= 4 is 0 Å². The predicted molar refractivity (Wildman–Crippen MR) is 72.3 cm³/mol. The molecule has 3 rings (SSSR count). The summed E-state index contributed by atoms with van der Waals surface area (Å²) in [5, 5.41) is 3.52. The fourth-order valence-electron chi connectivity index (χ4n) is 2.12. The monoisotopic (exact) mass is 263 g/mol. The topological polar surface area (TPSA) is 39.7 Å². The molecule has 1 N–H and O–H groups in total. The van der Waals surface area contributed by atoms with Gasteiger partial charge < -0.3 is 19.5 Å². The maximum absolute atomic E-state index is 5.77. The van der Waals surface area contributed by atoms with Crippen LogP contribution in [0, 0.1) is 0 Å². The van der Waals surface area contributed by atoms with Crippen molar-refractivity contribution in [2.24, 2.45) is 0 Å². The molecule has 0 radical (unpaired) electrons. The third-order valence-corrected chi connectivity index (χ3v) is 3.60.